The number of ether oxygens (including phenoxy) is 1. The van der Waals surface area contributed by atoms with Gasteiger partial charge in [0, 0.05) is 24.3 Å². The van der Waals surface area contributed by atoms with E-state index in [-0.39, 0.29) is 18.2 Å². The maximum Gasteiger partial charge on any atom is 0.413 e. The van der Waals surface area contributed by atoms with E-state index in [1.165, 1.54) is 11.3 Å². The average Bonchev–Trinajstić information content (AvgIpc) is 2.99. The first-order valence-electron chi connectivity index (χ1n) is 7.56. The third-order valence-corrected chi connectivity index (χ3v) is 3.70. The van der Waals surface area contributed by atoms with Crippen LogP contribution in [0.1, 0.15) is 25.1 Å². The number of carbonyl (C=O) groups is 2. The van der Waals surface area contributed by atoms with Gasteiger partial charge in [0.1, 0.15) is 0 Å². The molecule has 0 radical (unpaired) electrons. The lowest BCUT2D eigenvalue weighted by molar-refractivity contribution is -0.120. The normalized spacial score (nSPS) is 10.5. The van der Waals surface area contributed by atoms with Crippen molar-refractivity contribution >= 4 is 28.5 Å². The van der Waals surface area contributed by atoms with Crippen LogP contribution in [0.3, 0.4) is 0 Å². The number of amides is 2. The zero-order valence-corrected chi connectivity index (χ0v) is 14.4. The molecule has 0 saturated heterocycles. The molecular weight excluding hydrogens is 328 g/mol. The van der Waals surface area contributed by atoms with Crippen molar-refractivity contribution in [3.05, 3.63) is 41.2 Å². The quantitative estimate of drug-likeness (QED) is 0.802. The van der Waals surface area contributed by atoms with Crippen molar-refractivity contribution in [1.29, 1.82) is 0 Å². The van der Waals surface area contributed by atoms with Gasteiger partial charge in [-0.2, -0.15) is 0 Å². The van der Waals surface area contributed by atoms with E-state index in [0.29, 0.717) is 24.0 Å². The zero-order chi connectivity index (χ0) is 17.4. The van der Waals surface area contributed by atoms with E-state index in [4.69, 9.17) is 4.74 Å². The summed E-state index contributed by atoms with van der Waals surface area (Å²) in [5.41, 5.74) is 1.58. The minimum atomic E-state index is -0.535. The number of hydrogen-bond acceptors (Lipinski definition) is 6. The van der Waals surface area contributed by atoms with E-state index in [2.05, 4.69) is 20.6 Å². The number of nitrogens with one attached hydrogen (secondary N) is 2. The molecule has 2 N–H and O–H groups in total. The molecule has 0 unspecified atom stereocenters. The third-order valence-electron chi connectivity index (χ3n) is 2.89. The Morgan fingerprint density at radius 1 is 1.29 bits per heavy atom. The summed E-state index contributed by atoms with van der Waals surface area (Å²) in [6.45, 7) is 4.71. The van der Waals surface area contributed by atoms with Gasteiger partial charge in [-0.3, -0.25) is 15.1 Å². The molecule has 0 aliphatic heterocycles. The van der Waals surface area contributed by atoms with Gasteiger partial charge in [-0.05, 0) is 23.6 Å². The Labute approximate surface area is 144 Å². The summed E-state index contributed by atoms with van der Waals surface area (Å²) in [5.74, 6) is 0.137. The van der Waals surface area contributed by atoms with Crippen LogP contribution in [0.5, 0.6) is 0 Å². The van der Waals surface area contributed by atoms with E-state index >= 15 is 0 Å². The topological polar surface area (TPSA) is 93.2 Å². The molecule has 2 amide bonds. The molecule has 2 aromatic rings. The van der Waals surface area contributed by atoms with Gasteiger partial charge >= 0.3 is 6.09 Å². The summed E-state index contributed by atoms with van der Waals surface area (Å²) in [4.78, 5) is 31.6. The maximum atomic E-state index is 11.9. The van der Waals surface area contributed by atoms with Gasteiger partial charge in [0.05, 0.1) is 18.7 Å². The molecule has 0 aliphatic carbocycles. The minimum Gasteiger partial charge on any atom is -0.449 e. The Morgan fingerprint density at radius 2 is 2.04 bits per heavy atom. The Morgan fingerprint density at radius 3 is 2.75 bits per heavy atom. The van der Waals surface area contributed by atoms with Gasteiger partial charge in [-0.25, -0.2) is 9.78 Å². The van der Waals surface area contributed by atoms with Crippen LogP contribution in [-0.2, 0) is 22.5 Å². The molecule has 0 spiro atoms. The summed E-state index contributed by atoms with van der Waals surface area (Å²) in [7, 11) is 0. The smallest absolute Gasteiger partial charge is 0.413 e. The highest BCUT2D eigenvalue weighted by atomic mass is 32.1. The van der Waals surface area contributed by atoms with Crippen LogP contribution in [0.2, 0.25) is 0 Å². The molecule has 0 aromatic carbocycles. The fraction of sp³-hybridized carbons (Fsp3) is 0.375. The number of anilines is 1. The van der Waals surface area contributed by atoms with Gasteiger partial charge in [0.25, 0.3) is 0 Å². The lowest BCUT2D eigenvalue weighted by Crippen LogP contribution is -2.24. The number of rotatable bonds is 7. The fourth-order valence-corrected chi connectivity index (χ4v) is 2.44. The monoisotopic (exact) mass is 348 g/mol. The molecule has 0 fully saturated rings. The second kappa shape index (κ2) is 8.97. The van der Waals surface area contributed by atoms with Gasteiger partial charge in [-0.15, -0.1) is 11.3 Å². The Hall–Kier alpha value is -2.48. The van der Waals surface area contributed by atoms with Gasteiger partial charge in [0.2, 0.25) is 5.91 Å². The lowest BCUT2D eigenvalue weighted by atomic mass is 10.2. The minimum absolute atomic E-state index is 0.133. The van der Waals surface area contributed by atoms with Crippen molar-refractivity contribution in [1.82, 2.24) is 15.3 Å². The van der Waals surface area contributed by atoms with Crippen molar-refractivity contribution in [3.8, 4) is 0 Å². The van der Waals surface area contributed by atoms with E-state index in [1.807, 2.05) is 26.0 Å². The Balaban J connectivity index is 1.76. The predicted octanol–water partition coefficient (Wildman–Crippen LogP) is 2.60. The highest BCUT2D eigenvalue weighted by Crippen LogP contribution is 2.16. The van der Waals surface area contributed by atoms with Crippen molar-refractivity contribution in [2.75, 3.05) is 11.9 Å². The number of aromatic nitrogens is 2. The van der Waals surface area contributed by atoms with Crippen molar-refractivity contribution in [2.24, 2.45) is 5.92 Å². The molecule has 0 aliphatic rings. The van der Waals surface area contributed by atoms with Crippen molar-refractivity contribution in [2.45, 2.75) is 26.8 Å². The molecule has 128 valence electrons. The maximum absolute atomic E-state index is 11.9. The van der Waals surface area contributed by atoms with Gasteiger partial charge < -0.3 is 10.1 Å². The largest absolute Gasteiger partial charge is 0.449 e. The second-order valence-electron chi connectivity index (χ2n) is 5.57. The van der Waals surface area contributed by atoms with Crippen molar-refractivity contribution in [3.63, 3.8) is 0 Å². The molecule has 24 heavy (non-hydrogen) atoms. The molecular formula is C16H20N4O3S. The van der Waals surface area contributed by atoms with Crippen LogP contribution in [0.4, 0.5) is 9.93 Å². The second-order valence-corrected chi connectivity index (χ2v) is 6.43. The molecule has 0 atom stereocenters. The molecule has 0 bridgehead atoms. The SMILES string of the molecule is CC(C)COC(=O)Nc1nc(CC(=O)NCc2ccncc2)cs1. The average molecular weight is 348 g/mol. The molecule has 7 nitrogen and oxygen atoms in total. The predicted molar refractivity (Wildman–Crippen MR) is 91.7 cm³/mol. The van der Waals surface area contributed by atoms with E-state index in [1.54, 1.807) is 17.8 Å². The number of hydrogen-bond donors (Lipinski definition) is 2. The number of carbonyl (C=O) groups excluding carboxylic acids is 2. The lowest BCUT2D eigenvalue weighted by Gasteiger charge is -2.06. The molecule has 2 heterocycles. The summed E-state index contributed by atoms with van der Waals surface area (Å²) < 4.78 is 5.02. The standard InChI is InChI=1S/C16H20N4O3S/c1-11(2)9-23-16(22)20-15-19-13(10-24-15)7-14(21)18-8-12-3-5-17-6-4-12/h3-6,10-11H,7-9H2,1-2H3,(H,18,21)(H,19,20,22). The molecule has 2 rings (SSSR count). The first kappa shape index (κ1) is 17.9. The third kappa shape index (κ3) is 6.33. The number of thiazole rings is 1. The molecule has 2 aromatic heterocycles. The first-order valence-corrected chi connectivity index (χ1v) is 8.44. The highest BCUT2D eigenvalue weighted by molar-refractivity contribution is 7.13. The van der Waals surface area contributed by atoms with E-state index in [9.17, 15) is 9.59 Å². The number of pyridine rings is 1. The van der Waals surface area contributed by atoms with Crippen LogP contribution in [-0.4, -0.2) is 28.6 Å². The molecule has 8 heteroatoms. The zero-order valence-electron chi connectivity index (χ0n) is 13.6. The summed E-state index contributed by atoms with van der Waals surface area (Å²) in [6.07, 6.45) is 2.98. The van der Waals surface area contributed by atoms with Crippen LogP contribution < -0.4 is 10.6 Å². The fourth-order valence-electron chi connectivity index (χ4n) is 1.74. The highest BCUT2D eigenvalue weighted by Gasteiger charge is 2.11. The van der Waals surface area contributed by atoms with Crippen LogP contribution in [0.15, 0.2) is 29.9 Å². The van der Waals surface area contributed by atoms with Crippen LogP contribution in [0, 0.1) is 5.92 Å². The summed E-state index contributed by atoms with van der Waals surface area (Å²) >= 11 is 1.26. The number of nitrogens with zero attached hydrogens (tertiary/aromatic N) is 2. The Bertz CT molecular complexity index is 673. The van der Waals surface area contributed by atoms with Gasteiger partial charge in [-0.1, -0.05) is 13.8 Å². The van der Waals surface area contributed by atoms with E-state index < -0.39 is 6.09 Å². The van der Waals surface area contributed by atoms with Crippen LogP contribution in [0.25, 0.3) is 0 Å². The summed E-state index contributed by atoms with van der Waals surface area (Å²) in [6, 6.07) is 3.68. The molecule has 0 saturated carbocycles. The summed E-state index contributed by atoms with van der Waals surface area (Å²) in [5, 5.41) is 7.53. The van der Waals surface area contributed by atoms with E-state index in [0.717, 1.165) is 5.56 Å². The van der Waals surface area contributed by atoms with Crippen molar-refractivity contribution < 1.29 is 14.3 Å². The van der Waals surface area contributed by atoms with Crippen LogP contribution >= 0.6 is 11.3 Å². The first-order chi connectivity index (χ1) is 11.5. The Kier molecular flexibility index (Phi) is 6.68. The van der Waals surface area contributed by atoms with Gasteiger partial charge in [0.15, 0.2) is 5.13 Å².